The van der Waals surface area contributed by atoms with Crippen LogP contribution in [0.25, 0.3) is 10.9 Å². The Labute approximate surface area is 143 Å². The van der Waals surface area contributed by atoms with Crippen LogP contribution in [0.3, 0.4) is 0 Å². The molecule has 2 rings (SSSR count). The molecule has 7 heteroatoms. The molecule has 1 heterocycles. The van der Waals surface area contributed by atoms with Crippen molar-refractivity contribution < 1.29 is 13.9 Å². The van der Waals surface area contributed by atoms with E-state index in [1.807, 2.05) is 13.8 Å². The van der Waals surface area contributed by atoms with E-state index in [0.717, 1.165) is 0 Å². The third kappa shape index (κ3) is 3.83. The van der Waals surface area contributed by atoms with Crippen molar-refractivity contribution in [3.05, 3.63) is 28.1 Å². The van der Waals surface area contributed by atoms with E-state index < -0.39 is 23.1 Å². The first-order valence-corrected chi connectivity index (χ1v) is 8.03. The molecule has 1 aromatic carbocycles. The van der Waals surface area contributed by atoms with E-state index in [1.54, 1.807) is 38.6 Å². The van der Waals surface area contributed by atoms with Crippen LogP contribution in [-0.4, -0.2) is 21.5 Å². The van der Waals surface area contributed by atoms with Gasteiger partial charge in [0.1, 0.15) is 11.1 Å². The second-order valence-electron chi connectivity index (χ2n) is 7.01. The molecule has 1 amide bonds. The number of aryl methyl sites for hydroxylation is 1. The molecule has 0 aliphatic heterocycles. The number of hydrogen-bond donors (Lipinski definition) is 1. The van der Waals surface area contributed by atoms with Crippen LogP contribution in [-0.2, 0) is 17.3 Å². The van der Waals surface area contributed by atoms with E-state index in [-0.39, 0.29) is 5.52 Å². The molecule has 1 N–H and O–H groups in total. The van der Waals surface area contributed by atoms with Gasteiger partial charge in [-0.15, -0.1) is 0 Å². The number of ether oxygens (including phenoxy) is 1. The van der Waals surface area contributed by atoms with E-state index in [4.69, 9.17) is 4.74 Å². The maximum absolute atomic E-state index is 14.1. The predicted molar refractivity (Wildman–Crippen MR) is 90.8 cm³/mol. The Balaban J connectivity index is 2.45. The molecule has 23 heavy (non-hydrogen) atoms. The topological polar surface area (TPSA) is 56.2 Å². The van der Waals surface area contributed by atoms with Crippen LogP contribution in [0.2, 0.25) is 0 Å². The Morgan fingerprint density at radius 3 is 2.48 bits per heavy atom. The molecule has 0 bridgehead atoms. The van der Waals surface area contributed by atoms with E-state index in [0.29, 0.717) is 15.6 Å². The Morgan fingerprint density at radius 2 is 1.91 bits per heavy atom. The number of halogens is 2. The van der Waals surface area contributed by atoms with Gasteiger partial charge in [0.15, 0.2) is 5.82 Å². The molecule has 0 fully saturated rings. The van der Waals surface area contributed by atoms with Gasteiger partial charge in [-0.2, -0.15) is 5.10 Å². The van der Waals surface area contributed by atoms with Gasteiger partial charge in [-0.25, -0.2) is 9.18 Å². The summed E-state index contributed by atoms with van der Waals surface area (Å²) in [4.78, 5) is 12.1. The molecule has 126 valence electrons. The van der Waals surface area contributed by atoms with Crippen molar-refractivity contribution in [3.8, 4) is 0 Å². The summed E-state index contributed by atoms with van der Waals surface area (Å²) in [6, 6.07) is 3.16. The largest absolute Gasteiger partial charge is 0.444 e. The third-order valence-corrected chi connectivity index (χ3v) is 3.72. The molecule has 0 aliphatic carbocycles. The SMILES string of the molecule is Cn1nc2c(F)cc(Br)cc2c1C(C)(C)NC(=O)OC(C)(C)C. The smallest absolute Gasteiger partial charge is 0.408 e. The summed E-state index contributed by atoms with van der Waals surface area (Å²) in [7, 11) is 1.72. The van der Waals surface area contributed by atoms with Gasteiger partial charge in [0, 0.05) is 16.9 Å². The van der Waals surface area contributed by atoms with Gasteiger partial charge in [-0.3, -0.25) is 4.68 Å². The molecule has 0 radical (unpaired) electrons. The average Bonchev–Trinajstić information content (AvgIpc) is 2.62. The highest BCUT2D eigenvalue weighted by Crippen LogP contribution is 2.32. The molecule has 0 atom stereocenters. The van der Waals surface area contributed by atoms with Crippen LogP contribution in [0.4, 0.5) is 9.18 Å². The van der Waals surface area contributed by atoms with E-state index >= 15 is 0 Å². The summed E-state index contributed by atoms with van der Waals surface area (Å²) in [5.41, 5.74) is -0.425. The summed E-state index contributed by atoms with van der Waals surface area (Å²) in [5.74, 6) is -0.413. The molecule has 2 aromatic rings. The second-order valence-corrected chi connectivity index (χ2v) is 7.92. The van der Waals surface area contributed by atoms with Crippen molar-refractivity contribution in [1.29, 1.82) is 0 Å². The molecular formula is C16H21BrFN3O2. The Kier molecular flexibility index (Phi) is 4.45. The van der Waals surface area contributed by atoms with Crippen LogP contribution in [0.1, 0.15) is 40.3 Å². The maximum atomic E-state index is 14.1. The second kappa shape index (κ2) is 5.78. The summed E-state index contributed by atoms with van der Waals surface area (Å²) < 4.78 is 21.6. The van der Waals surface area contributed by atoms with E-state index in [1.165, 1.54) is 6.07 Å². The average molecular weight is 386 g/mol. The summed E-state index contributed by atoms with van der Waals surface area (Å²) in [6.07, 6.45) is -0.535. The highest BCUT2D eigenvalue weighted by atomic mass is 79.9. The van der Waals surface area contributed by atoms with Crippen LogP contribution in [0, 0.1) is 5.82 Å². The van der Waals surface area contributed by atoms with Gasteiger partial charge in [-0.05, 0) is 46.8 Å². The summed E-state index contributed by atoms with van der Waals surface area (Å²) in [5, 5.41) is 7.70. The number of carbonyl (C=O) groups is 1. The molecule has 1 aromatic heterocycles. The van der Waals surface area contributed by atoms with Crippen LogP contribution in [0.5, 0.6) is 0 Å². The van der Waals surface area contributed by atoms with Crippen molar-refractivity contribution in [1.82, 2.24) is 15.1 Å². The zero-order chi connectivity index (χ0) is 17.6. The predicted octanol–water partition coefficient (Wildman–Crippen LogP) is 4.23. The maximum Gasteiger partial charge on any atom is 0.408 e. The number of rotatable bonds is 2. The monoisotopic (exact) mass is 385 g/mol. The highest BCUT2D eigenvalue weighted by Gasteiger charge is 2.31. The van der Waals surface area contributed by atoms with Gasteiger partial charge in [0.05, 0.1) is 11.2 Å². The molecule has 0 saturated heterocycles. The minimum Gasteiger partial charge on any atom is -0.444 e. The van der Waals surface area contributed by atoms with Gasteiger partial charge >= 0.3 is 6.09 Å². The zero-order valence-electron chi connectivity index (χ0n) is 14.1. The van der Waals surface area contributed by atoms with Gasteiger partial charge in [0.25, 0.3) is 0 Å². The fraction of sp³-hybridized carbons (Fsp3) is 0.500. The lowest BCUT2D eigenvalue weighted by Crippen LogP contribution is -2.44. The van der Waals surface area contributed by atoms with E-state index in [9.17, 15) is 9.18 Å². The van der Waals surface area contributed by atoms with Crippen molar-refractivity contribution in [2.24, 2.45) is 7.05 Å². The zero-order valence-corrected chi connectivity index (χ0v) is 15.7. The number of hydrogen-bond acceptors (Lipinski definition) is 3. The number of carbonyl (C=O) groups excluding carboxylic acids is 1. The first-order chi connectivity index (χ1) is 10.4. The van der Waals surface area contributed by atoms with Gasteiger partial charge in [-0.1, -0.05) is 15.9 Å². The minimum absolute atomic E-state index is 0.268. The van der Waals surface area contributed by atoms with Crippen molar-refractivity contribution in [2.75, 3.05) is 0 Å². The molecule has 0 spiro atoms. The molecule has 5 nitrogen and oxygen atoms in total. The first kappa shape index (κ1) is 17.7. The lowest BCUT2D eigenvalue weighted by molar-refractivity contribution is 0.0467. The third-order valence-electron chi connectivity index (χ3n) is 3.26. The summed E-state index contributed by atoms with van der Waals surface area (Å²) in [6.45, 7) is 9.04. The lowest BCUT2D eigenvalue weighted by Gasteiger charge is -2.29. The normalized spacial score (nSPS) is 12.5. The number of fused-ring (bicyclic) bond motifs is 1. The fourth-order valence-corrected chi connectivity index (χ4v) is 3.01. The van der Waals surface area contributed by atoms with Crippen molar-refractivity contribution in [3.63, 3.8) is 0 Å². The molecular weight excluding hydrogens is 365 g/mol. The Bertz CT molecular complexity index is 763. The summed E-state index contributed by atoms with van der Waals surface area (Å²) >= 11 is 3.29. The highest BCUT2D eigenvalue weighted by molar-refractivity contribution is 9.10. The van der Waals surface area contributed by atoms with E-state index in [2.05, 4.69) is 26.3 Å². The molecule has 0 aliphatic rings. The Hall–Kier alpha value is -1.63. The van der Waals surface area contributed by atoms with Crippen LogP contribution < -0.4 is 5.32 Å². The van der Waals surface area contributed by atoms with Crippen LogP contribution >= 0.6 is 15.9 Å². The standard InChI is InChI=1S/C16H21BrFN3O2/c1-15(2,3)23-14(22)19-16(4,5)13-10-7-9(17)8-11(18)12(10)20-21(13)6/h7-8H,1-6H3,(H,19,22). The lowest BCUT2D eigenvalue weighted by atomic mass is 9.97. The van der Waals surface area contributed by atoms with Crippen molar-refractivity contribution >= 4 is 32.9 Å². The number of aromatic nitrogens is 2. The number of benzene rings is 1. The number of nitrogens with zero attached hydrogens (tertiary/aromatic N) is 2. The number of alkyl carbamates (subject to hydrolysis) is 1. The van der Waals surface area contributed by atoms with Gasteiger partial charge in [0.2, 0.25) is 0 Å². The molecule has 0 unspecified atom stereocenters. The minimum atomic E-state index is -0.793. The van der Waals surface area contributed by atoms with Gasteiger partial charge < -0.3 is 10.1 Å². The van der Waals surface area contributed by atoms with Crippen molar-refractivity contribution in [2.45, 2.75) is 45.8 Å². The van der Waals surface area contributed by atoms with Crippen LogP contribution in [0.15, 0.2) is 16.6 Å². The number of nitrogens with one attached hydrogen (secondary N) is 1. The Morgan fingerprint density at radius 1 is 1.30 bits per heavy atom. The quantitative estimate of drug-likeness (QED) is 0.840. The number of amides is 1. The first-order valence-electron chi connectivity index (χ1n) is 7.24. The molecule has 0 saturated carbocycles. The fourth-order valence-electron chi connectivity index (χ4n) is 2.58.